The Hall–Kier alpha value is -4.39. The molecule has 3 aromatic heterocycles. The predicted molar refractivity (Wildman–Crippen MR) is 157 cm³/mol. The molecule has 42 heavy (non-hydrogen) atoms. The lowest BCUT2D eigenvalue weighted by Gasteiger charge is -2.33. The Balaban J connectivity index is 1.13. The lowest BCUT2D eigenvalue weighted by atomic mass is 10.0. The van der Waals surface area contributed by atoms with Gasteiger partial charge >= 0.3 is 6.09 Å². The summed E-state index contributed by atoms with van der Waals surface area (Å²) in [7, 11) is 0. The SMILES string of the molecule is CC(C)(C)OC(=O)N1CCC(NC(=O)c2ccc(Nc3nc4ccc(NCc5ccc(F)cc5F)nc4s3)nc2)CC1. The summed E-state index contributed by atoms with van der Waals surface area (Å²) in [5, 5.41) is 9.77. The third kappa shape index (κ3) is 7.46. The molecule has 0 bridgehead atoms. The molecule has 13 heteroatoms. The number of nitrogens with one attached hydrogen (secondary N) is 3. The zero-order chi connectivity index (χ0) is 29.9. The summed E-state index contributed by atoms with van der Waals surface area (Å²) in [6.45, 7) is 6.69. The number of ether oxygens (including phenoxy) is 1. The molecule has 0 aliphatic carbocycles. The van der Waals surface area contributed by atoms with Crippen molar-refractivity contribution in [3.8, 4) is 0 Å². The molecule has 1 saturated heterocycles. The number of anilines is 3. The van der Waals surface area contributed by atoms with Crippen LogP contribution in [-0.2, 0) is 11.3 Å². The fraction of sp³-hybridized carbons (Fsp3) is 0.345. The number of fused-ring (bicyclic) bond motifs is 1. The summed E-state index contributed by atoms with van der Waals surface area (Å²) in [5.74, 6) is -0.423. The van der Waals surface area contributed by atoms with Crippen molar-refractivity contribution in [2.24, 2.45) is 0 Å². The summed E-state index contributed by atoms with van der Waals surface area (Å²) < 4.78 is 32.5. The summed E-state index contributed by atoms with van der Waals surface area (Å²) in [5.41, 5.74) is 0.887. The molecule has 1 aliphatic heterocycles. The number of hydrogen-bond acceptors (Lipinski definition) is 9. The Morgan fingerprint density at radius 2 is 1.81 bits per heavy atom. The van der Waals surface area contributed by atoms with Crippen LogP contribution in [0.15, 0.2) is 48.7 Å². The van der Waals surface area contributed by atoms with E-state index in [1.165, 1.54) is 29.7 Å². The molecule has 0 spiro atoms. The molecule has 1 aromatic carbocycles. The van der Waals surface area contributed by atoms with E-state index >= 15 is 0 Å². The van der Waals surface area contributed by atoms with Crippen LogP contribution in [0.2, 0.25) is 0 Å². The number of rotatable bonds is 7. The van der Waals surface area contributed by atoms with E-state index in [0.29, 0.717) is 64.2 Å². The molecule has 0 atom stereocenters. The molecular formula is C29H31F2N7O3S. The molecule has 2 amide bonds. The average Bonchev–Trinajstić information content (AvgIpc) is 3.34. The van der Waals surface area contributed by atoms with Gasteiger partial charge in [-0.25, -0.2) is 28.5 Å². The lowest BCUT2D eigenvalue weighted by Crippen LogP contribution is -2.47. The van der Waals surface area contributed by atoms with Crippen LogP contribution < -0.4 is 16.0 Å². The molecule has 4 aromatic rings. The third-order valence-electron chi connectivity index (χ3n) is 6.47. The van der Waals surface area contributed by atoms with Crippen molar-refractivity contribution in [2.75, 3.05) is 23.7 Å². The van der Waals surface area contributed by atoms with Gasteiger partial charge in [0.05, 0.1) is 5.56 Å². The molecular weight excluding hydrogens is 564 g/mol. The highest BCUT2D eigenvalue weighted by Crippen LogP contribution is 2.28. The molecule has 1 fully saturated rings. The Morgan fingerprint density at radius 1 is 1.05 bits per heavy atom. The van der Waals surface area contributed by atoms with Gasteiger partial charge in [0.25, 0.3) is 5.91 Å². The number of benzene rings is 1. The van der Waals surface area contributed by atoms with E-state index in [-0.39, 0.29) is 24.6 Å². The Morgan fingerprint density at radius 3 is 2.50 bits per heavy atom. The van der Waals surface area contributed by atoms with Gasteiger partial charge in [0.15, 0.2) is 5.13 Å². The van der Waals surface area contributed by atoms with Gasteiger partial charge in [-0.15, -0.1) is 0 Å². The molecule has 0 radical (unpaired) electrons. The minimum Gasteiger partial charge on any atom is -0.444 e. The van der Waals surface area contributed by atoms with E-state index in [1.807, 2.05) is 20.8 Å². The normalized spacial score (nSPS) is 14.1. The van der Waals surface area contributed by atoms with Crippen molar-refractivity contribution >= 4 is 50.5 Å². The fourth-order valence-electron chi connectivity index (χ4n) is 4.33. The van der Waals surface area contributed by atoms with Gasteiger partial charge in [0, 0.05) is 43.5 Å². The third-order valence-corrected chi connectivity index (χ3v) is 7.35. The van der Waals surface area contributed by atoms with E-state index in [4.69, 9.17) is 4.74 Å². The van der Waals surface area contributed by atoms with Crippen LogP contribution in [-0.4, -0.2) is 56.6 Å². The zero-order valence-corrected chi connectivity index (χ0v) is 24.2. The number of aromatic nitrogens is 3. The van der Waals surface area contributed by atoms with Crippen LogP contribution >= 0.6 is 11.3 Å². The minimum absolute atomic E-state index is 0.0432. The Kier molecular flexibility index (Phi) is 8.48. The number of hydrogen-bond donors (Lipinski definition) is 3. The van der Waals surface area contributed by atoms with Gasteiger partial charge in [-0.1, -0.05) is 17.4 Å². The van der Waals surface area contributed by atoms with Crippen molar-refractivity contribution in [3.63, 3.8) is 0 Å². The van der Waals surface area contributed by atoms with Gasteiger partial charge in [-0.3, -0.25) is 4.79 Å². The predicted octanol–water partition coefficient (Wildman–Crippen LogP) is 5.85. The van der Waals surface area contributed by atoms with E-state index in [2.05, 4.69) is 30.9 Å². The van der Waals surface area contributed by atoms with Gasteiger partial charge in [-0.05, 0) is 63.9 Å². The highest BCUT2D eigenvalue weighted by molar-refractivity contribution is 7.21. The van der Waals surface area contributed by atoms with E-state index < -0.39 is 17.2 Å². The number of thiazole rings is 1. The van der Waals surface area contributed by atoms with Gasteiger partial charge in [-0.2, -0.15) is 0 Å². The first kappa shape index (κ1) is 29.1. The standard InChI is InChI=1S/C29H31F2N7O3S/c1-29(2,3)41-28(40)38-12-10-20(11-13-38)34-25(39)18-5-8-24(33-16-18)37-27-35-22-7-9-23(36-26(22)42-27)32-15-17-4-6-19(30)14-21(17)31/h4-9,14,16,20H,10-13,15H2,1-3H3,(H,32,36)(H,34,39)(H,33,35,37). The topological polar surface area (TPSA) is 121 Å². The van der Waals surface area contributed by atoms with Crippen LogP contribution in [0.3, 0.4) is 0 Å². The van der Waals surface area contributed by atoms with Crippen LogP contribution in [0.4, 0.5) is 30.3 Å². The maximum atomic E-state index is 13.9. The molecule has 4 heterocycles. The van der Waals surface area contributed by atoms with E-state index in [1.54, 1.807) is 29.2 Å². The summed E-state index contributed by atoms with van der Waals surface area (Å²) in [6, 6.07) is 10.3. The first-order chi connectivity index (χ1) is 20.0. The molecule has 10 nitrogen and oxygen atoms in total. The van der Waals surface area contributed by atoms with E-state index in [9.17, 15) is 18.4 Å². The average molecular weight is 596 g/mol. The van der Waals surface area contributed by atoms with Gasteiger partial charge in [0.2, 0.25) is 0 Å². The number of nitrogens with zero attached hydrogens (tertiary/aromatic N) is 4. The minimum atomic E-state index is -0.623. The second-order valence-electron chi connectivity index (χ2n) is 10.9. The van der Waals surface area contributed by atoms with Crippen molar-refractivity contribution in [2.45, 2.75) is 51.8 Å². The molecule has 1 aliphatic rings. The molecule has 0 saturated carbocycles. The number of amides is 2. The number of pyridine rings is 2. The summed E-state index contributed by atoms with van der Waals surface area (Å²) in [4.78, 5) is 40.8. The van der Waals surface area contributed by atoms with Gasteiger partial charge < -0.3 is 25.6 Å². The molecule has 220 valence electrons. The van der Waals surface area contributed by atoms with Gasteiger partial charge in [0.1, 0.15) is 39.2 Å². The van der Waals surface area contributed by atoms with Crippen LogP contribution in [0, 0.1) is 11.6 Å². The van der Waals surface area contributed by atoms with Crippen molar-refractivity contribution < 1.29 is 23.1 Å². The van der Waals surface area contributed by atoms with Crippen molar-refractivity contribution in [1.82, 2.24) is 25.2 Å². The first-order valence-electron chi connectivity index (χ1n) is 13.5. The molecule has 5 rings (SSSR count). The largest absolute Gasteiger partial charge is 0.444 e. The number of piperidine rings is 1. The highest BCUT2D eigenvalue weighted by Gasteiger charge is 2.27. The van der Waals surface area contributed by atoms with Crippen molar-refractivity contribution in [1.29, 1.82) is 0 Å². The smallest absolute Gasteiger partial charge is 0.410 e. The number of carbonyl (C=O) groups excluding carboxylic acids is 2. The summed E-state index contributed by atoms with van der Waals surface area (Å²) in [6.07, 6.45) is 2.45. The maximum Gasteiger partial charge on any atom is 0.410 e. The number of carbonyl (C=O) groups is 2. The Labute approximate surface area is 245 Å². The number of likely N-dealkylation sites (tertiary alicyclic amines) is 1. The molecule has 0 unspecified atom stereocenters. The van der Waals surface area contributed by atoms with Crippen LogP contribution in [0.5, 0.6) is 0 Å². The quantitative estimate of drug-likeness (QED) is 0.243. The van der Waals surface area contributed by atoms with E-state index in [0.717, 1.165) is 6.07 Å². The Bertz CT molecular complexity index is 1580. The zero-order valence-electron chi connectivity index (χ0n) is 23.4. The van der Waals surface area contributed by atoms with Crippen LogP contribution in [0.1, 0.15) is 49.5 Å². The second kappa shape index (κ2) is 12.2. The van der Waals surface area contributed by atoms with Crippen LogP contribution in [0.25, 0.3) is 10.3 Å². The number of halogens is 2. The monoisotopic (exact) mass is 595 g/mol. The fourth-order valence-corrected chi connectivity index (χ4v) is 5.18. The van der Waals surface area contributed by atoms with Crippen molar-refractivity contribution in [3.05, 3.63) is 71.4 Å². The second-order valence-corrected chi connectivity index (χ2v) is 11.9. The lowest BCUT2D eigenvalue weighted by molar-refractivity contribution is 0.0199. The highest BCUT2D eigenvalue weighted by atomic mass is 32.1. The maximum absolute atomic E-state index is 13.9. The first-order valence-corrected chi connectivity index (χ1v) is 14.3. The summed E-state index contributed by atoms with van der Waals surface area (Å²) >= 11 is 1.32. The molecule has 3 N–H and O–H groups in total.